The predicted molar refractivity (Wildman–Crippen MR) is 104 cm³/mol. The maximum Gasteiger partial charge on any atom is 0.257 e. The van der Waals surface area contributed by atoms with E-state index < -0.39 is 10.0 Å². The van der Waals surface area contributed by atoms with Crippen LogP contribution in [0, 0.1) is 6.92 Å². The number of pyridine rings is 2. The molecule has 4 rings (SSSR count). The van der Waals surface area contributed by atoms with Crippen molar-refractivity contribution in [1.82, 2.24) is 23.9 Å². The molecule has 1 amide bonds. The fourth-order valence-corrected chi connectivity index (χ4v) is 4.26. The molecule has 3 aromatic rings. The van der Waals surface area contributed by atoms with Crippen LogP contribution in [0.5, 0.6) is 0 Å². The first kappa shape index (κ1) is 18.5. The van der Waals surface area contributed by atoms with Gasteiger partial charge in [-0.15, -0.1) is 10.2 Å². The summed E-state index contributed by atoms with van der Waals surface area (Å²) in [6.45, 7) is 2.65. The molecule has 9 nitrogen and oxygen atoms in total. The number of rotatable bonds is 4. The van der Waals surface area contributed by atoms with Gasteiger partial charge in [-0.05, 0) is 37.6 Å². The molecule has 1 saturated heterocycles. The molecule has 0 unspecified atom stereocenters. The summed E-state index contributed by atoms with van der Waals surface area (Å²) < 4.78 is 26.8. The molecule has 4 heterocycles. The van der Waals surface area contributed by atoms with Crippen molar-refractivity contribution in [3.63, 3.8) is 0 Å². The Bertz CT molecular complexity index is 1160. The van der Waals surface area contributed by atoms with Gasteiger partial charge in [0, 0.05) is 31.4 Å². The van der Waals surface area contributed by atoms with Gasteiger partial charge in [0.15, 0.2) is 5.65 Å². The first-order valence-electron chi connectivity index (χ1n) is 8.86. The van der Waals surface area contributed by atoms with Crippen molar-refractivity contribution in [1.29, 1.82) is 0 Å². The van der Waals surface area contributed by atoms with E-state index >= 15 is 0 Å². The van der Waals surface area contributed by atoms with Crippen LogP contribution < -0.4 is 5.32 Å². The van der Waals surface area contributed by atoms with E-state index in [1.165, 1.54) is 10.6 Å². The third-order valence-corrected chi connectivity index (χ3v) is 6.20. The Balaban J connectivity index is 1.62. The Kier molecular flexibility index (Phi) is 4.60. The molecular weight excluding hydrogens is 380 g/mol. The second-order valence-corrected chi connectivity index (χ2v) is 8.88. The topological polar surface area (TPSA) is 110 Å². The fraction of sp³-hybridized carbons (Fsp3) is 0.333. The fourth-order valence-electron chi connectivity index (χ4n) is 3.37. The number of hydrogen-bond acceptors (Lipinski definition) is 6. The van der Waals surface area contributed by atoms with Gasteiger partial charge < -0.3 is 5.32 Å². The molecule has 0 aliphatic carbocycles. The minimum Gasteiger partial charge on any atom is -0.320 e. The third-order valence-electron chi connectivity index (χ3n) is 4.93. The maximum absolute atomic E-state index is 12.7. The molecule has 1 aliphatic rings. The van der Waals surface area contributed by atoms with E-state index in [0.717, 1.165) is 5.69 Å². The zero-order valence-corrected chi connectivity index (χ0v) is 16.3. The van der Waals surface area contributed by atoms with Crippen molar-refractivity contribution in [3.8, 4) is 0 Å². The molecule has 1 atom stereocenters. The molecule has 0 bridgehead atoms. The normalized spacial score (nSPS) is 17.9. The van der Waals surface area contributed by atoms with Crippen LogP contribution in [0.3, 0.4) is 0 Å². The second kappa shape index (κ2) is 6.95. The summed E-state index contributed by atoms with van der Waals surface area (Å²) in [6, 6.07) is 6.97. The smallest absolute Gasteiger partial charge is 0.257 e. The molecule has 0 spiro atoms. The number of anilines is 1. The van der Waals surface area contributed by atoms with Gasteiger partial charge in [-0.25, -0.2) is 12.7 Å². The van der Waals surface area contributed by atoms with Gasteiger partial charge in [-0.2, -0.15) is 0 Å². The highest BCUT2D eigenvalue weighted by atomic mass is 32.2. The maximum atomic E-state index is 12.7. The molecule has 28 heavy (non-hydrogen) atoms. The third kappa shape index (κ3) is 3.48. The van der Waals surface area contributed by atoms with Gasteiger partial charge in [0.2, 0.25) is 10.0 Å². The molecule has 146 valence electrons. The number of aromatic nitrogens is 4. The number of amides is 1. The van der Waals surface area contributed by atoms with Crippen LogP contribution >= 0.6 is 0 Å². The van der Waals surface area contributed by atoms with E-state index in [4.69, 9.17) is 0 Å². The number of nitrogens with one attached hydrogen (secondary N) is 1. The van der Waals surface area contributed by atoms with Gasteiger partial charge in [0.1, 0.15) is 5.82 Å². The SMILES string of the molecule is Cc1ncccc1NC(=O)c1ccc2nnc([C@@H]3CCN(S(C)(=O)=O)C3)n2c1. The molecule has 1 N–H and O–H groups in total. The van der Waals surface area contributed by atoms with Gasteiger partial charge in [0.25, 0.3) is 5.91 Å². The summed E-state index contributed by atoms with van der Waals surface area (Å²) in [5.41, 5.74) is 2.45. The van der Waals surface area contributed by atoms with E-state index in [-0.39, 0.29) is 11.8 Å². The Morgan fingerprint density at radius 3 is 2.79 bits per heavy atom. The van der Waals surface area contributed by atoms with E-state index in [0.29, 0.717) is 42.2 Å². The number of carbonyl (C=O) groups is 1. The molecule has 1 aliphatic heterocycles. The highest BCUT2D eigenvalue weighted by Gasteiger charge is 2.32. The minimum atomic E-state index is -3.23. The van der Waals surface area contributed by atoms with Gasteiger partial charge in [-0.1, -0.05) is 0 Å². The summed E-state index contributed by atoms with van der Waals surface area (Å²) in [6.07, 6.45) is 5.23. The highest BCUT2D eigenvalue weighted by Crippen LogP contribution is 2.28. The van der Waals surface area contributed by atoms with Crippen LogP contribution in [0.15, 0.2) is 36.7 Å². The number of nitrogens with zero attached hydrogens (tertiary/aromatic N) is 5. The van der Waals surface area contributed by atoms with Crippen molar-refractivity contribution in [2.45, 2.75) is 19.3 Å². The zero-order chi connectivity index (χ0) is 19.9. The Morgan fingerprint density at radius 1 is 1.25 bits per heavy atom. The van der Waals surface area contributed by atoms with Crippen molar-refractivity contribution in [2.24, 2.45) is 0 Å². The van der Waals surface area contributed by atoms with Crippen LogP contribution in [0.1, 0.15) is 34.2 Å². The number of carbonyl (C=O) groups excluding carboxylic acids is 1. The van der Waals surface area contributed by atoms with E-state index in [2.05, 4.69) is 20.5 Å². The van der Waals surface area contributed by atoms with Crippen LogP contribution in [0.25, 0.3) is 5.65 Å². The summed E-state index contributed by atoms with van der Waals surface area (Å²) in [7, 11) is -3.23. The molecule has 0 saturated carbocycles. The zero-order valence-electron chi connectivity index (χ0n) is 15.5. The monoisotopic (exact) mass is 400 g/mol. The molecular formula is C18H20N6O3S. The summed E-state index contributed by atoms with van der Waals surface area (Å²) in [5.74, 6) is 0.332. The largest absolute Gasteiger partial charge is 0.320 e. The quantitative estimate of drug-likeness (QED) is 0.710. The first-order chi connectivity index (χ1) is 13.3. The van der Waals surface area contributed by atoms with Crippen molar-refractivity contribution in [3.05, 3.63) is 53.7 Å². The van der Waals surface area contributed by atoms with Gasteiger partial charge in [0.05, 0.1) is 23.2 Å². The standard InChI is InChI=1S/C18H20N6O3S/c1-12-15(4-3-8-19-12)20-18(25)14-5-6-16-21-22-17(24(16)11-14)13-7-9-23(10-13)28(2,26)27/h3-6,8,11,13H,7,9-10H2,1-2H3,(H,20,25)/t13-/m1/s1. The Morgan fingerprint density at radius 2 is 2.07 bits per heavy atom. The lowest BCUT2D eigenvalue weighted by molar-refractivity contribution is 0.102. The highest BCUT2D eigenvalue weighted by molar-refractivity contribution is 7.88. The lowest BCUT2D eigenvalue weighted by atomic mass is 10.1. The van der Waals surface area contributed by atoms with E-state index in [1.54, 1.807) is 41.1 Å². The number of aryl methyl sites for hydroxylation is 1. The predicted octanol–water partition coefficient (Wildman–Crippen LogP) is 1.43. The summed E-state index contributed by atoms with van der Waals surface area (Å²) in [4.78, 5) is 16.8. The number of sulfonamides is 1. The molecule has 0 aromatic carbocycles. The molecule has 1 fully saturated rings. The van der Waals surface area contributed by atoms with Crippen molar-refractivity contribution >= 4 is 27.3 Å². The lowest BCUT2D eigenvalue weighted by Crippen LogP contribution is -2.27. The Labute approximate surface area is 162 Å². The van der Waals surface area contributed by atoms with Crippen LogP contribution in [-0.2, 0) is 10.0 Å². The summed E-state index contributed by atoms with van der Waals surface area (Å²) in [5, 5.41) is 11.3. The number of hydrogen-bond donors (Lipinski definition) is 1. The average Bonchev–Trinajstić information content (AvgIpc) is 3.29. The van der Waals surface area contributed by atoms with E-state index in [9.17, 15) is 13.2 Å². The van der Waals surface area contributed by atoms with E-state index in [1.807, 2.05) is 6.92 Å². The summed E-state index contributed by atoms with van der Waals surface area (Å²) >= 11 is 0. The molecule has 10 heteroatoms. The Hall–Kier alpha value is -2.85. The van der Waals surface area contributed by atoms with Crippen LogP contribution in [0.2, 0.25) is 0 Å². The average molecular weight is 400 g/mol. The second-order valence-electron chi connectivity index (χ2n) is 6.90. The van der Waals surface area contributed by atoms with Crippen molar-refractivity contribution in [2.75, 3.05) is 24.7 Å². The lowest BCUT2D eigenvalue weighted by Gasteiger charge is -2.12. The van der Waals surface area contributed by atoms with Gasteiger partial charge in [-0.3, -0.25) is 14.2 Å². The van der Waals surface area contributed by atoms with Gasteiger partial charge >= 0.3 is 0 Å². The number of fused-ring (bicyclic) bond motifs is 1. The van der Waals surface area contributed by atoms with Crippen LogP contribution in [-0.4, -0.2) is 57.6 Å². The van der Waals surface area contributed by atoms with Crippen LogP contribution in [0.4, 0.5) is 5.69 Å². The first-order valence-corrected chi connectivity index (χ1v) is 10.7. The molecule has 3 aromatic heterocycles. The van der Waals surface area contributed by atoms with Crippen molar-refractivity contribution < 1.29 is 13.2 Å². The molecule has 0 radical (unpaired) electrons. The minimum absolute atomic E-state index is 0.0661.